The van der Waals surface area contributed by atoms with Crippen LogP contribution in [-0.4, -0.2) is 12.2 Å². The van der Waals surface area contributed by atoms with Crippen LogP contribution in [0.25, 0.3) is 11.1 Å². The number of hydrogen-bond donors (Lipinski definition) is 1. The van der Waals surface area contributed by atoms with E-state index in [2.05, 4.69) is 0 Å². The number of phenols is 1. The van der Waals surface area contributed by atoms with Crippen LogP contribution < -0.4 is 4.74 Å². The molecule has 1 N–H and O–H groups in total. The number of phenolic OH excluding ortho intramolecular Hbond substituents is 1. The lowest BCUT2D eigenvalue weighted by Gasteiger charge is -2.10. The first-order valence-electron chi connectivity index (χ1n) is 5.56. The summed E-state index contributed by atoms with van der Waals surface area (Å²) in [6.45, 7) is 0. The zero-order valence-electron chi connectivity index (χ0n) is 10.3. The zero-order chi connectivity index (χ0) is 14.9. The number of halogens is 4. The first-order valence-corrected chi connectivity index (χ1v) is 5.56. The Hall–Kier alpha value is -2.24. The van der Waals surface area contributed by atoms with Crippen molar-refractivity contribution in [3.63, 3.8) is 0 Å². The molecule has 20 heavy (non-hydrogen) atoms. The number of rotatable bonds is 2. The van der Waals surface area contributed by atoms with Gasteiger partial charge in [0.2, 0.25) is 0 Å². The Morgan fingerprint density at radius 1 is 1.05 bits per heavy atom. The zero-order valence-corrected chi connectivity index (χ0v) is 10.3. The normalized spacial score (nSPS) is 11.4. The van der Waals surface area contributed by atoms with Gasteiger partial charge in [0.15, 0.2) is 0 Å². The van der Waals surface area contributed by atoms with E-state index in [1.54, 1.807) is 0 Å². The summed E-state index contributed by atoms with van der Waals surface area (Å²) in [4.78, 5) is 0. The third-order valence-corrected chi connectivity index (χ3v) is 2.73. The summed E-state index contributed by atoms with van der Waals surface area (Å²) >= 11 is 0. The summed E-state index contributed by atoms with van der Waals surface area (Å²) in [5, 5.41) is 9.48. The maximum atomic E-state index is 13.8. The molecular weight excluding hydrogens is 276 g/mol. The van der Waals surface area contributed by atoms with Crippen LogP contribution in [0.2, 0.25) is 0 Å². The van der Waals surface area contributed by atoms with E-state index in [1.165, 1.54) is 25.3 Å². The van der Waals surface area contributed by atoms with E-state index in [-0.39, 0.29) is 22.6 Å². The molecule has 0 amide bonds. The second-order valence-electron chi connectivity index (χ2n) is 4.11. The molecule has 2 aromatic rings. The largest absolute Gasteiger partial charge is 0.508 e. The van der Waals surface area contributed by atoms with Gasteiger partial charge in [0.05, 0.1) is 12.7 Å². The van der Waals surface area contributed by atoms with Crippen molar-refractivity contribution < 1.29 is 27.4 Å². The lowest BCUT2D eigenvalue weighted by Crippen LogP contribution is -2.05. The minimum atomic E-state index is -4.60. The van der Waals surface area contributed by atoms with Crippen LogP contribution in [0.15, 0.2) is 36.4 Å². The molecule has 0 aliphatic heterocycles. The van der Waals surface area contributed by atoms with Crippen LogP contribution in [0.1, 0.15) is 5.56 Å². The second kappa shape index (κ2) is 5.03. The summed E-state index contributed by atoms with van der Waals surface area (Å²) in [5.41, 5.74) is -0.883. The SMILES string of the molecule is COc1cc(O)cc(-c2ccc(C(F)(F)F)cc2F)c1. The lowest BCUT2D eigenvalue weighted by atomic mass is 10.0. The number of methoxy groups -OCH3 is 1. The Balaban J connectivity index is 2.51. The van der Waals surface area contributed by atoms with Gasteiger partial charge >= 0.3 is 6.18 Å². The molecule has 0 heterocycles. The van der Waals surface area contributed by atoms with Crippen LogP contribution in [0.4, 0.5) is 17.6 Å². The predicted octanol–water partition coefficient (Wildman–Crippen LogP) is 4.23. The van der Waals surface area contributed by atoms with E-state index in [0.717, 1.165) is 12.1 Å². The average Bonchev–Trinajstić information content (AvgIpc) is 2.36. The molecule has 0 unspecified atom stereocenters. The topological polar surface area (TPSA) is 29.5 Å². The standard InChI is InChI=1S/C14H10F4O2/c1-20-11-5-8(4-10(19)7-11)12-3-2-9(6-13(12)15)14(16,17)18/h2-7,19H,1H3. The molecular formula is C14H10F4O2. The van der Waals surface area contributed by atoms with E-state index in [1.807, 2.05) is 0 Å². The number of aromatic hydroxyl groups is 1. The fraction of sp³-hybridized carbons (Fsp3) is 0.143. The number of alkyl halides is 3. The summed E-state index contributed by atoms with van der Waals surface area (Å²) in [6.07, 6.45) is -4.60. The lowest BCUT2D eigenvalue weighted by molar-refractivity contribution is -0.137. The van der Waals surface area contributed by atoms with Crippen molar-refractivity contribution >= 4 is 0 Å². The van der Waals surface area contributed by atoms with Crippen LogP contribution in [0, 0.1) is 5.82 Å². The molecule has 0 saturated carbocycles. The van der Waals surface area contributed by atoms with E-state index in [0.29, 0.717) is 6.07 Å². The van der Waals surface area contributed by atoms with Gasteiger partial charge in [-0.2, -0.15) is 13.2 Å². The Bertz CT molecular complexity index is 636. The van der Waals surface area contributed by atoms with Crippen molar-refractivity contribution in [3.8, 4) is 22.6 Å². The molecule has 2 nitrogen and oxygen atoms in total. The van der Waals surface area contributed by atoms with Crippen molar-refractivity contribution in [1.82, 2.24) is 0 Å². The molecule has 0 aliphatic rings. The number of ether oxygens (including phenoxy) is 1. The quantitative estimate of drug-likeness (QED) is 0.837. The Morgan fingerprint density at radius 3 is 2.30 bits per heavy atom. The van der Waals surface area contributed by atoms with E-state index >= 15 is 0 Å². The Kier molecular flexibility index (Phi) is 3.57. The third-order valence-electron chi connectivity index (χ3n) is 2.73. The third kappa shape index (κ3) is 2.84. The van der Waals surface area contributed by atoms with Gasteiger partial charge < -0.3 is 9.84 Å². The average molecular weight is 286 g/mol. The van der Waals surface area contributed by atoms with Gasteiger partial charge in [-0.25, -0.2) is 4.39 Å². The maximum absolute atomic E-state index is 13.8. The van der Waals surface area contributed by atoms with E-state index in [9.17, 15) is 22.7 Å². The molecule has 0 radical (unpaired) electrons. The van der Waals surface area contributed by atoms with E-state index < -0.39 is 17.6 Å². The van der Waals surface area contributed by atoms with Crippen LogP contribution in [0.3, 0.4) is 0 Å². The highest BCUT2D eigenvalue weighted by Crippen LogP contribution is 2.35. The van der Waals surface area contributed by atoms with Crippen molar-refractivity contribution in [2.75, 3.05) is 7.11 Å². The molecule has 0 fully saturated rings. The smallest absolute Gasteiger partial charge is 0.416 e. The highest BCUT2D eigenvalue weighted by Gasteiger charge is 2.31. The molecule has 0 bridgehead atoms. The summed E-state index contributed by atoms with van der Waals surface area (Å²) in [5.74, 6) is -0.912. The van der Waals surface area contributed by atoms with Gasteiger partial charge in [-0.15, -0.1) is 0 Å². The first-order chi connectivity index (χ1) is 9.31. The van der Waals surface area contributed by atoms with Gasteiger partial charge in [-0.05, 0) is 29.8 Å². The van der Waals surface area contributed by atoms with Crippen molar-refractivity contribution in [1.29, 1.82) is 0 Å². The highest BCUT2D eigenvalue weighted by atomic mass is 19.4. The fourth-order valence-corrected chi connectivity index (χ4v) is 1.78. The fourth-order valence-electron chi connectivity index (χ4n) is 1.78. The van der Waals surface area contributed by atoms with Crippen molar-refractivity contribution in [2.45, 2.75) is 6.18 Å². The number of hydrogen-bond acceptors (Lipinski definition) is 2. The van der Waals surface area contributed by atoms with Crippen LogP contribution in [0.5, 0.6) is 11.5 Å². The first kappa shape index (κ1) is 14.2. The molecule has 0 aliphatic carbocycles. The summed E-state index contributed by atoms with van der Waals surface area (Å²) < 4.78 is 56.1. The minimum absolute atomic E-state index is 0.0489. The van der Waals surface area contributed by atoms with Crippen molar-refractivity contribution in [3.05, 3.63) is 47.8 Å². The summed E-state index contributed by atoms with van der Waals surface area (Å²) in [6, 6.07) is 6.21. The molecule has 6 heteroatoms. The second-order valence-corrected chi connectivity index (χ2v) is 4.11. The van der Waals surface area contributed by atoms with Gasteiger partial charge in [-0.1, -0.05) is 6.07 Å². The molecule has 2 aromatic carbocycles. The Morgan fingerprint density at radius 2 is 1.75 bits per heavy atom. The van der Waals surface area contributed by atoms with Gasteiger partial charge in [0.1, 0.15) is 17.3 Å². The highest BCUT2D eigenvalue weighted by molar-refractivity contribution is 5.68. The Labute approximate surface area is 112 Å². The maximum Gasteiger partial charge on any atom is 0.416 e. The molecule has 0 atom stereocenters. The van der Waals surface area contributed by atoms with Gasteiger partial charge in [-0.3, -0.25) is 0 Å². The molecule has 0 aromatic heterocycles. The van der Waals surface area contributed by atoms with Crippen LogP contribution in [-0.2, 0) is 6.18 Å². The minimum Gasteiger partial charge on any atom is -0.508 e. The van der Waals surface area contributed by atoms with Gasteiger partial charge in [0, 0.05) is 11.6 Å². The molecule has 0 saturated heterocycles. The molecule has 2 rings (SSSR count). The van der Waals surface area contributed by atoms with Gasteiger partial charge in [0.25, 0.3) is 0 Å². The predicted molar refractivity (Wildman–Crippen MR) is 65.1 cm³/mol. The molecule has 106 valence electrons. The molecule has 0 spiro atoms. The number of benzene rings is 2. The summed E-state index contributed by atoms with van der Waals surface area (Å²) in [7, 11) is 1.36. The van der Waals surface area contributed by atoms with E-state index in [4.69, 9.17) is 4.74 Å². The van der Waals surface area contributed by atoms with Crippen LogP contribution >= 0.6 is 0 Å². The van der Waals surface area contributed by atoms with Crippen molar-refractivity contribution in [2.24, 2.45) is 0 Å². The monoisotopic (exact) mass is 286 g/mol.